The van der Waals surface area contributed by atoms with Gasteiger partial charge in [-0.2, -0.15) is 0 Å². The maximum Gasteiger partial charge on any atom is 0.523 e. The molecule has 0 heterocycles. The molecular formula is C12H21BO4Si. The van der Waals surface area contributed by atoms with Gasteiger partial charge in [-0.3, -0.25) is 4.81 Å². The van der Waals surface area contributed by atoms with Crippen LogP contribution in [0.4, 0.5) is 0 Å². The van der Waals surface area contributed by atoms with Gasteiger partial charge in [0.25, 0.3) is 0 Å². The molecule has 0 spiro atoms. The maximum atomic E-state index is 9.61. The van der Waals surface area contributed by atoms with Crippen LogP contribution in [0.5, 0.6) is 0 Å². The summed E-state index contributed by atoms with van der Waals surface area (Å²) in [6.45, 7) is 7.56. The van der Waals surface area contributed by atoms with E-state index in [1.807, 2.05) is 18.2 Å². The third-order valence-corrected chi connectivity index (χ3v) is 4.08. The van der Waals surface area contributed by atoms with Crippen molar-refractivity contribution in [2.24, 2.45) is 0 Å². The summed E-state index contributed by atoms with van der Waals surface area (Å²) in [4.78, 5) is 9.61. The van der Waals surface area contributed by atoms with Gasteiger partial charge in [0.15, 0.2) is 6.79 Å². The molecule has 1 aromatic rings. The zero-order chi connectivity index (χ0) is 13.4. The zero-order valence-corrected chi connectivity index (χ0v) is 12.3. The highest BCUT2D eigenvalue weighted by Crippen LogP contribution is 2.07. The maximum absolute atomic E-state index is 9.61. The second-order valence-electron chi connectivity index (χ2n) is 5.31. The first-order chi connectivity index (χ1) is 8.49. The van der Waals surface area contributed by atoms with Crippen molar-refractivity contribution in [2.75, 3.05) is 13.4 Å². The summed E-state index contributed by atoms with van der Waals surface area (Å²) in [5.41, 5.74) is 0.652. The van der Waals surface area contributed by atoms with Crippen LogP contribution < -0.4 is 5.46 Å². The molecule has 1 aromatic carbocycles. The Kier molecular flexibility index (Phi) is 6.59. The van der Waals surface area contributed by atoms with E-state index in [9.17, 15) is 5.02 Å². The summed E-state index contributed by atoms with van der Waals surface area (Å²) in [6, 6.07) is 10.1. The first-order valence-corrected chi connectivity index (χ1v) is 9.79. The molecule has 0 aliphatic rings. The molecule has 6 heteroatoms. The summed E-state index contributed by atoms with van der Waals surface area (Å²) in [6.07, 6.45) is 0. The molecule has 0 bridgehead atoms. The van der Waals surface area contributed by atoms with Gasteiger partial charge in [-0.1, -0.05) is 50.0 Å². The molecule has 0 saturated carbocycles. The minimum absolute atomic E-state index is 0.0361. The van der Waals surface area contributed by atoms with E-state index in [4.69, 9.17) is 14.4 Å². The summed E-state index contributed by atoms with van der Waals surface area (Å²) in [7, 11) is -2.14. The van der Waals surface area contributed by atoms with Gasteiger partial charge in [0.2, 0.25) is 0 Å². The fourth-order valence-electron chi connectivity index (χ4n) is 1.24. The highest BCUT2D eigenvalue weighted by molar-refractivity contribution is 6.76. The van der Waals surface area contributed by atoms with Gasteiger partial charge < -0.3 is 9.76 Å². The van der Waals surface area contributed by atoms with Crippen LogP contribution in [0.1, 0.15) is 0 Å². The minimum Gasteiger partial charge on any atom is -0.422 e. The van der Waals surface area contributed by atoms with Crippen molar-refractivity contribution in [2.45, 2.75) is 25.7 Å². The van der Waals surface area contributed by atoms with Crippen LogP contribution in [0, 0.1) is 0 Å². The highest BCUT2D eigenvalue weighted by atomic mass is 28.3. The number of hydrogen-bond acceptors (Lipinski definition) is 4. The topological polar surface area (TPSA) is 47.9 Å². The van der Waals surface area contributed by atoms with Crippen LogP contribution >= 0.6 is 0 Å². The second-order valence-corrected chi connectivity index (χ2v) is 10.9. The lowest BCUT2D eigenvalue weighted by Gasteiger charge is -2.15. The van der Waals surface area contributed by atoms with Crippen molar-refractivity contribution in [3.8, 4) is 0 Å². The number of rotatable bonds is 8. The number of ether oxygens (including phenoxy) is 1. The standard InChI is InChI=1S/C12H21BO4Si/c1-18(2,3)10-9-15-11-16-17-13(14)12-7-5-4-6-8-12/h4-8,14H,9-11H2,1-3H3. The molecule has 0 radical (unpaired) electrons. The van der Waals surface area contributed by atoms with Crippen LogP contribution in [-0.4, -0.2) is 33.6 Å². The Morgan fingerprint density at radius 2 is 1.83 bits per heavy atom. The third-order valence-electron chi connectivity index (χ3n) is 2.37. The number of hydrogen-bond donors (Lipinski definition) is 1. The highest BCUT2D eigenvalue weighted by Gasteiger charge is 2.17. The molecule has 0 aliphatic heterocycles. The lowest BCUT2D eigenvalue weighted by molar-refractivity contribution is -0.276. The van der Waals surface area contributed by atoms with Crippen molar-refractivity contribution in [3.05, 3.63) is 30.3 Å². The fourth-order valence-corrected chi connectivity index (χ4v) is 1.99. The average molecular weight is 268 g/mol. The van der Waals surface area contributed by atoms with E-state index < -0.39 is 15.2 Å². The molecule has 100 valence electrons. The molecular weight excluding hydrogens is 247 g/mol. The Hall–Kier alpha value is -0.658. The van der Waals surface area contributed by atoms with Gasteiger partial charge in [-0.05, 0) is 11.5 Å². The van der Waals surface area contributed by atoms with Crippen LogP contribution in [0.25, 0.3) is 0 Å². The Morgan fingerprint density at radius 3 is 2.44 bits per heavy atom. The smallest absolute Gasteiger partial charge is 0.422 e. The molecule has 0 aliphatic carbocycles. The van der Waals surface area contributed by atoms with E-state index >= 15 is 0 Å². The van der Waals surface area contributed by atoms with E-state index in [2.05, 4.69) is 19.6 Å². The van der Waals surface area contributed by atoms with Crippen LogP contribution in [0.2, 0.25) is 25.7 Å². The van der Waals surface area contributed by atoms with E-state index in [0.29, 0.717) is 12.1 Å². The summed E-state index contributed by atoms with van der Waals surface area (Å²) in [5, 5.41) is 9.61. The largest absolute Gasteiger partial charge is 0.523 e. The predicted octanol–water partition coefficient (Wildman–Crippen LogP) is 1.63. The predicted molar refractivity (Wildman–Crippen MR) is 75.2 cm³/mol. The fraction of sp³-hybridized carbons (Fsp3) is 0.500. The van der Waals surface area contributed by atoms with E-state index in [1.54, 1.807) is 12.1 Å². The Labute approximate surface area is 110 Å². The molecule has 0 amide bonds. The number of benzene rings is 1. The van der Waals surface area contributed by atoms with Crippen molar-refractivity contribution in [3.63, 3.8) is 0 Å². The Balaban J connectivity index is 2.08. The van der Waals surface area contributed by atoms with Crippen LogP contribution in [0.15, 0.2) is 30.3 Å². The molecule has 1 rings (SSSR count). The van der Waals surface area contributed by atoms with Crippen LogP contribution in [0.3, 0.4) is 0 Å². The summed E-state index contributed by atoms with van der Waals surface area (Å²) >= 11 is 0. The normalized spacial score (nSPS) is 11.6. The summed E-state index contributed by atoms with van der Waals surface area (Å²) in [5.74, 6) is 0. The molecule has 0 unspecified atom stereocenters. The van der Waals surface area contributed by atoms with Crippen molar-refractivity contribution in [1.29, 1.82) is 0 Å². The van der Waals surface area contributed by atoms with Crippen molar-refractivity contribution in [1.82, 2.24) is 0 Å². The molecule has 4 nitrogen and oxygen atoms in total. The first-order valence-electron chi connectivity index (χ1n) is 6.08. The quantitative estimate of drug-likeness (QED) is 0.256. The lowest BCUT2D eigenvalue weighted by atomic mass is 9.80. The molecule has 0 fully saturated rings. The minimum atomic E-state index is -1.08. The van der Waals surface area contributed by atoms with E-state index in [1.165, 1.54) is 0 Å². The SMILES string of the molecule is C[Si](C)(C)CCOCOOB(O)c1ccccc1. The first kappa shape index (κ1) is 15.4. The van der Waals surface area contributed by atoms with E-state index in [-0.39, 0.29) is 6.79 Å². The van der Waals surface area contributed by atoms with Crippen LogP contribution in [-0.2, 0) is 14.4 Å². The zero-order valence-electron chi connectivity index (χ0n) is 11.3. The lowest BCUT2D eigenvalue weighted by Crippen LogP contribution is -2.33. The van der Waals surface area contributed by atoms with E-state index in [0.717, 1.165) is 6.04 Å². The average Bonchev–Trinajstić information content (AvgIpc) is 2.33. The Morgan fingerprint density at radius 1 is 1.17 bits per heavy atom. The van der Waals surface area contributed by atoms with Gasteiger partial charge >= 0.3 is 7.12 Å². The molecule has 0 aromatic heterocycles. The van der Waals surface area contributed by atoms with Gasteiger partial charge in [0.1, 0.15) is 0 Å². The summed E-state index contributed by atoms with van der Waals surface area (Å²) < 4.78 is 5.27. The second kappa shape index (κ2) is 7.71. The Bertz CT molecular complexity index is 329. The van der Waals surface area contributed by atoms with Crippen molar-refractivity contribution >= 4 is 20.7 Å². The molecule has 0 atom stereocenters. The third kappa shape index (κ3) is 6.93. The molecule has 0 saturated heterocycles. The van der Waals surface area contributed by atoms with Gasteiger partial charge in [0.05, 0.1) is 0 Å². The molecule has 18 heavy (non-hydrogen) atoms. The van der Waals surface area contributed by atoms with Gasteiger partial charge in [0, 0.05) is 14.7 Å². The molecule has 1 N–H and O–H groups in total. The monoisotopic (exact) mass is 268 g/mol. The van der Waals surface area contributed by atoms with Gasteiger partial charge in [-0.25, -0.2) is 4.89 Å². The van der Waals surface area contributed by atoms with Gasteiger partial charge in [-0.15, -0.1) is 0 Å². The van der Waals surface area contributed by atoms with Crippen molar-refractivity contribution < 1.29 is 19.5 Å².